The molecule has 1 aromatic carbocycles. The molecule has 3 nitrogen and oxygen atoms in total. The van der Waals surface area contributed by atoms with Crippen molar-refractivity contribution in [1.82, 2.24) is 9.97 Å². The molecule has 0 aliphatic carbocycles. The van der Waals surface area contributed by atoms with Gasteiger partial charge in [-0.1, -0.05) is 55.8 Å². The summed E-state index contributed by atoms with van der Waals surface area (Å²) in [4.78, 5) is 8.57. The minimum atomic E-state index is 0.0129. The first-order chi connectivity index (χ1) is 9.40. The number of hydrogen-bond donors (Lipinski definition) is 1. The predicted molar refractivity (Wildman–Crippen MR) is 84.5 cm³/mol. The molecular weight excluding hydrogens is 270 g/mol. The average Bonchev–Trinajstić information content (AvgIpc) is 2.42. The molecule has 0 aliphatic rings. The van der Waals surface area contributed by atoms with Crippen LogP contribution in [0.1, 0.15) is 30.8 Å². The zero-order chi connectivity index (χ0) is 14.8. The topological polar surface area (TPSA) is 37.8 Å². The highest BCUT2D eigenvalue weighted by Gasteiger charge is 2.20. The smallest absolute Gasteiger partial charge is 0.137 e. The fraction of sp³-hybridized carbons (Fsp3) is 0.375. The minimum Gasteiger partial charge on any atom is -0.369 e. The number of rotatable bonds is 4. The van der Waals surface area contributed by atoms with E-state index >= 15 is 0 Å². The lowest BCUT2D eigenvalue weighted by molar-refractivity contribution is 0.556. The van der Waals surface area contributed by atoms with E-state index in [1.807, 2.05) is 19.9 Å². The highest BCUT2D eigenvalue weighted by Crippen LogP contribution is 2.25. The average molecular weight is 290 g/mol. The Morgan fingerprint density at radius 3 is 2.40 bits per heavy atom. The van der Waals surface area contributed by atoms with Crippen molar-refractivity contribution in [3.63, 3.8) is 0 Å². The molecule has 0 aliphatic heterocycles. The van der Waals surface area contributed by atoms with E-state index in [4.69, 9.17) is 11.6 Å². The Morgan fingerprint density at radius 2 is 1.75 bits per heavy atom. The lowest BCUT2D eigenvalue weighted by Gasteiger charge is -2.26. The van der Waals surface area contributed by atoms with E-state index in [0.29, 0.717) is 11.0 Å². The second-order valence-electron chi connectivity index (χ2n) is 5.64. The van der Waals surface area contributed by atoms with Crippen molar-refractivity contribution < 1.29 is 0 Å². The van der Waals surface area contributed by atoms with E-state index < -0.39 is 0 Å². The highest BCUT2D eigenvalue weighted by molar-refractivity contribution is 6.30. The second kappa shape index (κ2) is 5.80. The van der Waals surface area contributed by atoms with Gasteiger partial charge < -0.3 is 5.32 Å². The Balaban J connectivity index is 2.16. The largest absolute Gasteiger partial charge is 0.369 e. The van der Waals surface area contributed by atoms with Crippen LogP contribution < -0.4 is 5.32 Å². The molecule has 20 heavy (non-hydrogen) atoms. The van der Waals surface area contributed by atoms with E-state index in [9.17, 15) is 0 Å². The summed E-state index contributed by atoms with van der Waals surface area (Å²) in [6.45, 7) is 8.98. The third-order valence-corrected chi connectivity index (χ3v) is 3.82. The maximum atomic E-state index is 6.10. The van der Waals surface area contributed by atoms with Gasteiger partial charge in [0.05, 0.1) is 0 Å². The molecule has 0 atom stereocenters. The maximum absolute atomic E-state index is 6.10. The van der Waals surface area contributed by atoms with Gasteiger partial charge in [-0.2, -0.15) is 0 Å². The van der Waals surface area contributed by atoms with Crippen LogP contribution in [0.25, 0.3) is 0 Å². The summed E-state index contributed by atoms with van der Waals surface area (Å²) in [5.74, 6) is 1.49. The first-order valence-electron chi connectivity index (χ1n) is 6.70. The minimum absolute atomic E-state index is 0.0129. The Kier molecular flexibility index (Phi) is 4.29. The van der Waals surface area contributed by atoms with Gasteiger partial charge in [-0.05, 0) is 19.4 Å². The normalized spacial score (nSPS) is 11.4. The molecule has 0 amide bonds. The summed E-state index contributed by atoms with van der Waals surface area (Å²) >= 11 is 6.10. The lowest BCUT2D eigenvalue weighted by Crippen LogP contribution is -2.28. The van der Waals surface area contributed by atoms with Crippen LogP contribution in [-0.2, 0) is 5.41 Å². The van der Waals surface area contributed by atoms with Gasteiger partial charge in [0.1, 0.15) is 16.8 Å². The molecular formula is C16H20ClN3. The SMILES string of the molecule is Cc1nc(Cl)c(C)c(NCC(C)(C)c2ccccc2)n1. The molecule has 0 saturated carbocycles. The van der Waals surface area contributed by atoms with Crippen molar-refractivity contribution in [1.29, 1.82) is 0 Å². The first kappa shape index (κ1) is 14.8. The number of nitrogens with zero attached hydrogens (tertiary/aromatic N) is 2. The predicted octanol–water partition coefficient (Wildman–Crippen LogP) is 4.14. The summed E-state index contributed by atoms with van der Waals surface area (Å²) < 4.78 is 0. The van der Waals surface area contributed by atoms with Gasteiger partial charge in [0.2, 0.25) is 0 Å². The first-order valence-corrected chi connectivity index (χ1v) is 7.08. The summed E-state index contributed by atoms with van der Waals surface area (Å²) in [5, 5.41) is 3.91. The summed E-state index contributed by atoms with van der Waals surface area (Å²) in [6, 6.07) is 10.5. The van der Waals surface area contributed by atoms with Crippen molar-refractivity contribution in [2.75, 3.05) is 11.9 Å². The standard InChI is InChI=1S/C16H20ClN3/c1-11-14(17)19-12(2)20-15(11)18-10-16(3,4)13-8-6-5-7-9-13/h5-9H,10H2,1-4H3,(H,18,19,20). The van der Waals surface area contributed by atoms with Gasteiger partial charge in [-0.15, -0.1) is 0 Å². The van der Waals surface area contributed by atoms with Crippen LogP contribution in [0.5, 0.6) is 0 Å². The van der Waals surface area contributed by atoms with Gasteiger partial charge >= 0.3 is 0 Å². The van der Waals surface area contributed by atoms with E-state index in [-0.39, 0.29) is 5.41 Å². The van der Waals surface area contributed by atoms with E-state index in [0.717, 1.165) is 17.9 Å². The van der Waals surface area contributed by atoms with E-state index in [2.05, 4.69) is 53.4 Å². The Morgan fingerprint density at radius 1 is 1.10 bits per heavy atom. The van der Waals surface area contributed by atoms with Crippen molar-refractivity contribution in [2.24, 2.45) is 0 Å². The number of hydrogen-bond acceptors (Lipinski definition) is 3. The van der Waals surface area contributed by atoms with Crippen molar-refractivity contribution in [3.05, 3.63) is 52.4 Å². The Labute approximate surface area is 125 Å². The molecule has 0 bridgehead atoms. The fourth-order valence-corrected chi connectivity index (χ4v) is 2.27. The van der Waals surface area contributed by atoms with Crippen LogP contribution in [0.2, 0.25) is 5.15 Å². The molecule has 0 radical (unpaired) electrons. The summed E-state index contributed by atoms with van der Waals surface area (Å²) in [5.41, 5.74) is 2.20. The molecule has 1 aromatic heterocycles. The van der Waals surface area contributed by atoms with Crippen LogP contribution >= 0.6 is 11.6 Å². The van der Waals surface area contributed by atoms with Gasteiger partial charge in [-0.25, -0.2) is 9.97 Å². The monoisotopic (exact) mass is 289 g/mol. The zero-order valence-corrected chi connectivity index (χ0v) is 13.1. The molecule has 1 heterocycles. The fourth-order valence-electron chi connectivity index (χ4n) is 2.06. The number of halogens is 1. The van der Waals surface area contributed by atoms with Crippen molar-refractivity contribution in [2.45, 2.75) is 33.1 Å². The zero-order valence-electron chi connectivity index (χ0n) is 12.4. The molecule has 1 N–H and O–H groups in total. The van der Waals surface area contributed by atoms with Crippen LogP contribution in [0, 0.1) is 13.8 Å². The Bertz CT molecular complexity index is 594. The quantitative estimate of drug-likeness (QED) is 0.860. The van der Waals surface area contributed by atoms with Gasteiger partial charge in [0.25, 0.3) is 0 Å². The molecule has 2 rings (SSSR count). The number of benzene rings is 1. The Hall–Kier alpha value is -1.61. The molecule has 106 valence electrons. The van der Waals surface area contributed by atoms with Crippen LogP contribution in [-0.4, -0.2) is 16.5 Å². The van der Waals surface area contributed by atoms with E-state index in [1.54, 1.807) is 0 Å². The molecule has 0 saturated heterocycles. The van der Waals surface area contributed by atoms with Crippen molar-refractivity contribution in [3.8, 4) is 0 Å². The summed E-state index contributed by atoms with van der Waals surface area (Å²) in [6.07, 6.45) is 0. The van der Waals surface area contributed by atoms with Crippen molar-refractivity contribution >= 4 is 17.4 Å². The molecule has 0 spiro atoms. The third kappa shape index (κ3) is 3.28. The van der Waals surface area contributed by atoms with E-state index in [1.165, 1.54) is 5.56 Å². The number of anilines is 1. The number of aromatic nitrogens is 2. The number of aryl methyl sites for hydroxylation is 1. The second-order valence-corrected chi connectivity index (χ2v) is 6.00. The van der Waals surface area contributed by atoms with Crippen LogP contribution in [0.4, 0.5) is 5.82 Å². The molecule has 4 heteroatoms. The number of nitrogens with one attached hydrogen (secondary N) is 1. The molecule has 0 unspecified atom stereocenters. The van der Waals surface area contributed by atoms with Gasteiger partial charge in [0, 0.05) is 17.5 Å². The van der Waals surface area contributed by atoms with Gasteiger partial charge in [-0.3, -0.25) is 0 Å². The molecule has 2 aromatic rings. The summed E-state index contributed by atoms with van der Waals surface area (Å²) in [7, 11) is 0. The van der Waals surface area contributed by atoms with Crippen LogP contribution in [0.3, 0.4) is 0 Å². The highest BCUT2D eigenvalue weighted by atomic mass is 35.5. The lowest BCUT2D eigenvalue weighted by atomic mass is 9.84. The molecule has 0 fully saturated rings. The van der Waals surface area contributed by atoms with Crippen LogP contribution in [0.15, 0.2) is 30.3 Å². The maximum Gasteiger partial charge on any atom is 0.137 e. The third-order valence-electron chi connectivity index (χ3n) is 3.45. The van der Waals surface area contributed by atoms with Gasteiger partial charge in [0.15, 0.2) is 0 Å².